The van der Waals surface area contributed by atoms with Crippen molar-refractivity contribution < 1.29 is 14.4 Å². The lowest BCUT2D eigenvalue weighted by atomic mass is 9.78. The molecule has 3 N–H and O–H groups in total. The molecule has 248 valence electrons. The number of rotatable bonds is 11. The number of hydrogen-bond donors (Lipinski definition) is 3. The van der Waals surface area contributed by atoms with E-state index in [1.807, 2.05) is 68.6 Å². The van der Waals surface area contributed by atoms with Gasteiger partial charge >= 0.3 is 0 Å². The van der Waals surface area contributed by atoms with E-state index < -0.39 is 5.41 Å². The highest BCUT2D eigenvalue weighted by Crippen LogP contribution is 2.35. The van der Waals surface area contributed by atoms with Crippen molar-refractivity contribution in [2.75, 3.05) is 42.2 Å². The van der Waals surface area contributed by atoms with E-state index in [4.69, 9.17) is 0 Å². The predicted molar refractivity (Wildman–Crippen MR) is 185 cm³/mol. The van der Waals surface area contributed by atoms with Crippen molar-refractivity contribution in [2.45, 2.75) is 45.7 Å². The van der Waals surface area contributed by atoms with E-state index in [0.717, 1.165) is 28.1 Å². The molecule has 0 spiro atoms. The highest BCUT2D eigenvalue weighted by molar-refractivity contribution is 5.96. The third-order valence-electron chi connectivity index (χ3n) is 9.45. The first-order chi connectivity index (χ1) is 23.3. The summed E-state index contributed by atoms with van der Waals surface area (Å²) in [4.78, 5) is 57.4. The quantitative estimate of drug-likeness (QED) is 0.221. The number of anilines is 3. The summed E-state index contributed by atoms with van der Waals surface area (Å²) in [6.45, 7) is 4.29. The Hall–Kier alpha value is -5.16. The molecule has 2 aromatic heterocycles. The molecule has 2 aliphatic rings. The molecule has 4 aromatic rings. The first kappa shape index (κ1) is 32.8. The number of fused-ring (bicyclic) bond motifs is 1. The van der Waals surface area contributed by atoms with Crippen LogP contribution in [0.2, 0.25) is 0 Å². The van der Waals surface area contributed by atoms with Crippen LogP contribution in [0.3, 0.4) is 0 Å². The zero-order valence-electron chi connectivity index (χ0n) is 27.5. The maximum absolute atomic E-state index is 14.4. The van der Waals surface area contributed by atoms with E-state index >= 15 is 0 Å². The molecule has 1 fully saturated rings. The molecule has 1 aliphatic heterocycles. The third-order valence-corrected chi connectivity index (χ3v) is 9.45. The monoisotopic (exact) mass is 646 g/mol. The van der Waals surface area contributed by atoms with Crippen LogP contribution in [0.4, 0.5) is 17.3 Å². The molecular weight excluding hydrogens is 604 g/mol. The van der Waals surface area contributed by atoms with Crippen molar-refractivity contribution in [1.82, 2.24) is 25.2 Å². The van der Waals surface area contributed by atoms with Crippen LogP contribution in [0, 0.1) is 11.3 Å². The molecule has 1 aliphatic carbocycles. The molecule has 0 saturated carbocycles. The summed E-state index contributed by atoms with van der Waals surface area (Å²) in [5, 5.41) is 9.14. The molecular formula is C37H42N8O3. The van der Waals surface area contributed by atoms with E-state index in [9.17, 15) is 14.4 Å². The molecule has 1 atom stereocenters. The minimum absolute atomic E-state index is 0.0324. The second-order valence-electron chi connectivity index (χ2n) is 12.9. The first-order valence-electron chi connectivity index (χ1n) is 16.5. The molecule has 0 bridgehead atoms. The Labute approximate surface area is 281 Å². The van der Waals surface area contributed by atoms with Crippen LogP contribution in [0.25, 0.3) is 0 Å². The van der Waals surface area contributed by atoms with Crippen LogP contribution >= 0.6 is 0 Å². The zero-order valence-corrected chi connectivity index (χ0v) is 27.5. The van der Waals surface area contributed by atoms with Gasteiger partial charge < -0.3 is 25.8 Å². The summed E-state index contributed by atoms with van der Waals surface area (Å²) in [7, 11) is 1.89. The Bertz CT molecular complexity index is 1740. The fourth-order valence-corrected chi connectivity index (χ4v) is 6.70. The molecule has 11 heteroatoms. The van der Waals surface area contributed by atoms with Gasteiger partial charge in [0.05, 0.1) is 0 Å². The summed E-state index contributed by atoms with van der Waals surface area (Å²) < 4.78 is 0. The average molecular weight is 647 g/mol. The summed E-state index contributed by atoms with van der Waals surface area (Å²) >= 11 is 0. The normalized spacial score (nSPS) is 16.5. The Morgan fingerprint density at radius 2 is 1.67 bits per heavy atom. The largest absolute Gasteiger partial charge is 0.356 e. The topological polar surface area (TPSA) is 132 Å². The van der Waals surface area contributed by atoms with Gasteiger partial charge in [-0.05, 0) is 85.3 Å². The van der Waals surface area contributed by atoms with Crippen molar-refractivity contribution in [3.05, 3.63) is 108 Å². The van der Waals surface area contributed by atoms with Gasteiger partial charge in [0.25, 0.3) is 0 Å². The zero-order chi connectivity index (χ0) is 33.5. The second-order valence-corrected chi connectivity index (χ2v) is 12.9. The van der Waals surface area contributed by atoms with E-state index in [-0.39, 0.29) is 30.2 Å². The fraction of sp³-hybridized carbons (Fsp3) is 0.351. The smallest absolute Gasteiger partial charge is 0.244 e. The summed E-state index contributed by atoms with van der Waals surface area (Å²) in [6, 6.07) is 21.1. The van der Waals surface area contributed by atoms with Crippen LogP contribution in [0.15, 0.2) is 85.5 Å². The van der Waals surface area contributed by atoms with Crippen molar-refractivity contribution in [1.29, 1.82) is 0 Å². The fourth-order valence-electron chi connectivity index (χ4n) is 6.70. The van der Waals surface area contributed by atoms with Crippen molar-refractivity contribution >= 4 is 35.0 Å². The van der Waals surface area contributed by atoms with Gasteiger partial charge in [0.2, 0.25) is 17.7 Å². The molecule has 3 heterocycles. The maximum atomic E-state index is 14.4. The van der Waals surface area contributed by atoms with Gasteiger partial charge in [-0.15, -0.1) is 0 Å². The number of piperidine rings is 1. The Kier molecular flexibility index (Phi) is 10.1. The van der Waals surface area contributed by atoms with Gasteiger partial charge in [-0.25, -0.2) is 15.0 Å². The van der Waals surface area contributed by atoms with Crippen molar-refractivity contribution in [3.63, 3.8) is 0 Å². The number of nitrogens with one attached hydrogen (secondary N) is 3. The van der Waals surface area contributed by atoms with Gasteiger partial charge in [0, 0.05) is 55.6 Å². The number of nitrogens with zero attached hydrogens (tertiary/aromatic N) is 5. The lowest BCUT2D eigenvalue weighted by Gasteiger charge is -2.41. The summed E-state index contributed by atoms with van der Waals surface area (Å²) in [6.07, 6.45) is 7.41. The molecule has 0 radical (unpaired) electrons. The van der Waals surface area contributed by atoms with E-state index in [1.165, 1.54) is 6.33 Å². The van der Waals surface area contributed by atoms with E-state index in [0.29, 0.717) is 63.4 Å². The molecule has 48 heavy (non-hydrogen) atoms. The number of hydrogen-bond acceptors (Lipinski definition) is 8. The van der Waals surface area contributed by atoms with Crippen LogP contribution < -0.4 is 20.9 Å². The van der Waals surface area contributed by atoms with Gasteiger partial charge in [0.15, 0.2) is 0 Å². The first-order valence-corrected chi connectivity index (χ1v) is 16.5. The molecule has 11 nitrogen and oxygen atoms in total. The lowest BCUT2D eigenvalue weighted by Crippen LogP contribution is -2.50. The molecule has 6 rings (SSSR count). The van der Waals surface area contributed by atoms with Crippen molar-refractivity contribution in [3.8, 4) is 0 Å². The number of pyridine rings is 1. The van der Waals surface area contributed by atoms with Gasteiger partial charge in [-0.2, -0.15) is 0 Å². The maximum Gasteiger partial charge on any atom is 0.244 e. The van der Waals surface area contributed by atoms with Gasteiger partial charge in [0.1, 0.15) is 24.5 Å². The third kappa shape index (κ3) is 7.69. The minimum atomic E-state index is -0.625. The van der Waals surface area contributed by atoms with Gasteiger partial charge in [-0.1, -0.05) is 43.3 Å². The number of amides is 3. The number of carbonyl (C=O) groups excluding carboxylic acids is 3. The minimum Gasteiger partial charge on any atom is -0.356 e. The molecule has 1 saturated heterocycles. The van der Waals surface area contributed by atoms with Gasteiger partial charge in [-0.3, -0.25) is 14.4 Å². The SMILES string of the molecule is CNCc1ccccc1CN(CC(=O)Nc1ccc2c(c1)C[C@H](C(=O)Nc1ccccn1)C2)C(=O)C1(C)CCN(c2ccncn2)CC1. The standard InChI is InChI=1S/C37H42N8O3/c1-37(13-17-44(18-14-37)33-12-16-39-25-41-33)36(48)45(23-28-8-4-3-7-27(28)22-38-2)24-34(46)42-31-11-10-26-19-30(20-29(26)21-31)35(47)43-32-9-5-6-15-40-32/h3-12,15-16,21,25,30,38H,13-14,17-20,22-24H2,1-2H3,(H,42,46)(H,40,43,47)/t30-/m1/s1. The molecule has 0 unspecified atom stereocenters. The second kappa shape index (κ2) is 14.7. The Balaban J connectivity index is 1.14. The van der Waals surface area contributed by atoms with E-state index in [2.05, 4.69) is 35.8 Å². The van der Waals surface area contributed by atoms with Crippen LogP contribution in [-0.2, 0) is 40.3 Å². The number of benzene rings is 2. The van der Waals surface area contributed by atoms with E-state index in [1.54, 1.807) is 29.4 Å². The van der Waals surface area contributed by atoms with Crippen molar-refractivity contribution in [2.24, 2.45) is 11.3 Å². The Morgan fingerprint density at radius 1 is 0.896 bits per heavy atom. The summed E-state index contributed by atoms with van der Waals surface area (Å²) in [5.74, 6) is 0.809. The highest BCUT2D eigenvalue weighted by atomic mass is 16.2. The lowest BCUT2D eigenvalue weighted by molar-refractivity contribution is -0.145. The van der Waals surface area contributed by atoms with Crippen LogP contribution in [-0.4, -0.2) is 64.3 Å². The molecule has 3 amide bonds. The van der Waals surface area contributed by atoms with Crippen LogP contribution in [0.5, 0.6) is 0 Å². The summed E-state index contributed by atoms with van der Waals surface area (Å²) in [5.41, 5.74) is 4.24. The predicted octanol–water partition coefficient (Wildman–Crippen LogP) is 4.22. The Morgan fingerprint density at radius 3 is 2.40 bits per heavy atom. The average Bonchev–Trinajstić information content (AvgIpc) is 3.54. The highest BCUT2D eigenvalue weighted by Gasteiger charge is 2.40. The molecule has 2 aromatic carbocycles. The number of aromatic nitrogens is 3. The van der Waals surface area contributed by atoms with Crippen LogP contribution in [0.1, 0.15) is 42.0 Å². The number of carbonyl (C=O) groups is 3.